The number of fused-ring (bicyclic) bond motifs is 1. The molecule has 0 bridgehead atoms. The first-order chi connectivity index (χ1) is 15.8. The van der Waals surface area contributed by atoms with Crippen molar-refractivity contribution < 1.29 is 19.0 Å². The van der Waals surface area contributed by atoms with E-state index < -0.39 is 5.60 Å². The molecule has 1 amide bonds. The minimum absolute atomic E-state index is 0.169. The first kappa shape index (κ1) is 23.5. The molecule has 3 heterocycles. The number of aromatic nitrogens is 1. The molecule has 7 heteroatoms. The molecule has 2 fully saturated rings. The Labute approximate surface area is 197 Å². The van der Waals surface area contributed by atoms with Gasteiger partial charge in [0.1, 0.15) is 5.60 Å². The van der Waals surface area contributed by atoms with Crippen LogP contribution < -0.4 is 14.4 Å². The van der Waals surface area contributed by atoms with Gasteiger partial charge in [-0.05, 0) is 70.4 Å². The molecular weight excluding hydrogens is 418 g/mol. The normalized spacial score (nSPS) is 20.1. The lowest BCUT2D eigenvalue weighted by atomic mass is 9.79. The lowest BCUT2D eigenvalue weighted by Gasteiger charge is -2.41. The highest BCUT2D eigenvalue weighted by atomic mass is 16.6. The van der Waals surface area contributed by atoms with Crippen molar-refractivity contribution in [1.29, 1.82) is 0 Å². The molecule has 0 aliphatic carbocycles. The van der Waals surface area contributed by atoms with Gasteiger partial charge in [-0.1, -0.05) is 0 Å². The van der Waals surface area contributed by atoms with E-state index in [2.05, 4.69) is 16.0 Å². The maximum absolute atomic E-state index is 12.6. The Morgan fingerprint density at radius 3 is 2.36 bits per heavy atom. The van der Waals surface area contributed by atoms with Crippen molar-refractivity contribution in [3.8, 4) is 11.5 Å². The molecule has 1 aromatic heterocycles. The minimum Gasteiger partial charge on any atom is -0.493 e. The maximum Gasteiger partial charge on any atom is 0.410 e. The van der Waals surface area contributed by atoms with Gasteiger partial charge >= 0.3 is 6.09 Å². The number of carbonyl (C=O) groups is 1. The zero-order chi connectivity index (χ0) is 23.6. The summed E-state index contributed by atoms with van der Waals surface area (Å²) >= 11 is 0. The number of pyridine rings is 1. The molecule has 0 unspecified atom stereocenters. The molecule has 7 nitrogen and oxygen atoms in total. The number of carbonyl (C=O) groups excluding carboxylic acids is 1. The third-order valence-corrected chi connectivity index (χ3v) is 6.88. The summed E-state index contributed by atoms with van der Waals surface area (Å²) in [5.74, 6) is 2.60. The number of methoxy groups -OCH3 is 2. The van der Waals surface area contributed by atoms with E-state index >= 15 is 0 Å². The lowest BCUT2D eigenvalue weighted by Crippen LogP contribution is -2.46. The second-order valence-corrected chi connectivity index (χ2v) is 10.2. The molecule has 0 spiro atoms. The van der Waals surface area contributed by atoms with Gasteiger partial charge in [0.25, 0.3) is 0 Å². The first-order valence-electron chi connectivity index (χ1n) is 12.0. The van der Waals surface area contributed by atoms with Crippen molar-refractivity contribution in [2.45, 2.75) is 52.1 Å². The summed E-state index contributed by atoms with van der Waals surface area (Å²) in [6, 6.07) is 6.07. The summed E-state index contributed by atoms with van der Waals surface area (Å²) in [4.78, 5) is 21.5. The van der Waals surface area contributed by atoms with E-state index in [1.807, 2.05) is 44.0 Å². The number of rotatable bonds is 4. The standard InChI is InChI=1S/C26H37N3O4/c1-26(2,3)33-25(30)29-12-6-7-19(17-29)18-9-13-28(14-10-18)22-8-11-27-21-16-24(32-5)23(31-4)15-20(21)22/h8,11,15-16,18-19H,6-7,9-10,12-14,17H2,1-5H3/t19-/m0/s1. The van der Waals surface area contributed by atoms with E-state index in [9.17, 15) is 4.79 Å². The van der Waals surface area contributed by atoms with Gasteiger partial charge in [0.15, 0.2) is 11.5 Å². The number of likely N-dealkylation sites (tertiary alicyclic amines) is 1. The van der Waals surface area contributed by atoms with Crippen LogP contribution in [-0.4, -0.2) is 62.0 Å². The molecule has 0 N–H and O–H groups in total. The number of amides is 1. The predicted molar refractivity (Wildman–Crippen MR) is 130 cm³/mol. The molecular formula is C26H37N3O4. The monoisotopic (exact) mass is 455 g/mol. The van der Waals surface area contributed by atoms with Crippen molar-refractivity contribution >= 4 is 22.7 Å². The Morgan fingerprint density at radius 2 is 1.70 bits per heavy atom. The van der Waals surface area contributed by atoms with Crippen LogP contribution in [0.25, 0.3) is 10.9 Å². The van der Waals surface area contributed by atoms with Crippen LogP contribution in [0, 0.1) is 11.8 Å². The fourth-order valence-electron chi connectivity index (χ4n) is 5.23. The zero-order valence-electron chi connectivity index (χ0n) is 20.6. The Hall–Kier alpha value is -2.70. The second-order valence-electron chi connectivity index (χ2n) is 10.2. The average molecular weight is 456 g/mol. The van der Waals surface area contributed by atoms with Crippen LogP contribution in [0.5, 0.6) is 11.5 Å². The highest BCUT2D eigenvalue weighted by Crippen LogP contribution is 2.38. The van der Waals surface area contributed by atoms with E-state index in [1.165, 1.54) is 12.1 Å². The Bertz CT molecular complexity index is 979. The van der Waals surface area contributed by atoms with Crippen molar-refractivity contribution in [3.05, 3.63) is 24.4 Å². The third-order valence-electron chi connectivity index (χ3n) is 6.88. The number of hydrogen-bond acceptors (Lipinski definition) is 6. The fraction of sp³-hybridized carbons (Fsp3) is 0.615. The molecule has 0 radical (unpaired) electrons. The van der Waals surface area contributed by atoms with Gasteiger partial charge in [-0.2, -0.15) is 0 Å². The summed E-state index contributed by atoms with van der Waals surface area (Å²) < 4.78 is 16.6. The molecule has 0 saturated carbocycles. The average Bonchev–Trinajstić information content (AvgIpc) is 2.82. The Morgan fingerprint density at radius 1 is 1.00 bits per heavy atom. The van der Waals surface area contributed by atoms with Gasteiger partial charge in [0.05, 0.1) is 19.7 Å². The van der Waals surface area contributed by atoms with E-state index in [4.69, 9.17) is 14.2 Å². The quantitative estimate of drug-likeness (QED) is 0.638. The highest BCUT2D eigenvalue weighted by molar-refractivity contribution is 5.94. The number of benzene rings is 1. The van der Waals surface area contributed by atoms with Gasteiger partial charge in [0.2, 0.25) is 0 Å². The van der Waals surface area contributed by atoms with Gasteiger partial charge in [-0.3, -0.25) is 4.98 Å². The Balaban J connectivity index is 1.43. The van der Waals surface area contributed by atoms with Crippen molar-refractivity contribution in [2.75, 3.05) is 45.3 Å². The fourth-order valence-corrected chi connectivity index (χ4v) is 5.23. The number of piperidine rings is 2. The summed E-state index contributed by atoms with van der Waals surface area (Å²) in [7, 11) is 3.31. The van der Waals surface area contributed by atoms with Crippen LogP contribution in [0.3, 0.4) is 0 Å². The molecule has 2 aromatic rings. The first-order valence-corrected chi connectivity index (χ1v) is 12.0. The van der Waals surface area contributed by atoms with Crippen LogP contribution >= 0.6 is 0 Å². The summed E-state index contributed by atoms with van der Waals surface area (Å²) in [5.41, 5.74) is 1.65. The maximum atomic E-state index is 12.6. The number of ether oxygens (including phenoxy) is 3. The van der Waals surface area contributed by atoms with Crippen LogP contribution in [0.4, 0.5) is 10.5 Å². The summed E-state index contributed by atoms with van der Waals surface area (Å²) in [6.07, 6.45) is 6.21. The van der Waals surface area contributed by atoms with Crippen molar-refractivity contribution in [1.82, 2.24) is 9.88 Å². The number of nitrogens with zero attached hydrogens (tertiary/aromatic N) is 3. The second kappa shape index (κ2) is 9.65. The molecule has 2 aliphatic heterocycles. The SMILES string of the molecule is COc1cc2nccc(N3CCC([C@H]4CCCN(C(=O)OC(C)(C)C)C4)CC3)c2cc1OC. The van der Waals surface area contributed by atoms with Crippen LogP contribution in [0.2, 0.25) is 0 Å². The van der Waals surface area contributed by atoms with E-state index in [0.29, 0.717) is 17.6 Å². The molecule has 1 atom stereocenters. The van der Waals surface area contributed by atoms with Gasteiger partial charge < -0.3 is 24.0 Å². The van der Waals surface area contributed by atoms with Gasteiger partial charge in [-0.15, -0.1) is 0 Å². The number of anilines is 1. The van der Waals surface area contributed by atoms with Gasteiger partial charge in [0, 0.05) is 49.5 Å². The van der Waals surface area contributed by atoms with Gasteiger partial charge in [-0.25, -0.2) is 4.79 Å². The van der Waals surface area contributed by atoms with Crippen molar-refractivity contribution in [2.24, 2.45) is 11.8 Å². The number of hydrogen-bond donors (Lipinski definition) is 0. The largest absolute Gasteiger partial charge is 0.493 e. The van der Waals surface area contributed by atoms with E-state index in [1.54, 1.807) is 14.2 Å². The summed E-state index contributed by atoms with van der Waals surface area (Å²) in [6.45, 7) is 9.40. The topological polar surface area (TPSA) is 64.1 Å². The van der Waals surface area contributed by atoms with E-state index in [-0.39, 0.29) is 6.09 Å². The highest BCUT2D eigenvalue weighted by Gasteiger charge is 2.33. The minimum atomic E-state index is -0.449. The molecule has 2 aliphatic rings. The van der Waals surface area contributed by atoms with Crippen LogP contribution in [0.1, 0.15) is 46.5 Å². The predicted octanol–water partition coefficient (Wildman–Crippen LogP) is 5.12. The third kappa shape index (κ3) is 5.28. The summed E-state index contributed by atoms with van der Waals surface area (Å²) in [5, 5.41) is 1.09. The molecule has 2 saturated heterocycles. The molecule has 33 heavy (non-hydrogen) atoms. The zero-order valence-corrected chi connectivity index (χ0v) is 20.6. The molecule has 1 aromatic carbocycles. The van der Waals surface area contributed by atoms with E-state index in [0.717, 1.165) is 62.1 Å². The molecule has 180 valence electrons. The van der Waals surface area contributed by atoms with Crippen molar-refractivity contribution in [3.63, 3.8) is 0 Å². The van der Waals surface area contributed by atoms with Crippen LogP contribution in [-0.2, 0) is 4.74 Å². The van der Waals surface area contributed by atoms with Crippen LogP contribution in [0.15, 0.2) is 24.4 Å². The Kier molecular flexibility index (Phi) is 6.86. The smallest absolute Gasteiger partial charge is 0.410 e. The molecule has 4 rings (SSSR count). The lowest BCUT2D eigenvalue weighted by molar-refractivity contribution is 0.0120.